The van der Waals surface area contributed by atoms with Crippen LogP contribution < -0.4 is 14.4 Å². The van der Waals surface area contributed by atoms with E-state index < -0.39 is 17.7 Å². The van der Waals surface area contributed by atoms with Gasteiger partial charge in [0.2, 0.25) is 0 Å². The number of thiazole rings is 1. The molecule has 1 aliphatic rings. The number of carbonyl (C=O) groups excluding carboxylic acids is 2. The molecular formula is C27H21ClN2O5S. The predicted molar refractivity (Wildman–Crippen MR) is 140 cm³/mol. The zero-order valence-electron chi connectivity index (χ0n) is 19.6. The van der Waals surface area contributed by atoms with E-state index in [2.05, 4.69) is 4.98 Å². The second kappa shape index (κ2) is 9.29. The number of methoxy groups -OCH3 is 2. The number of aromatic nitrogens is 1. The second-order valence-corrected chi connectivity index (χ2v) is 9.67. The van der Waals surface area contributed by atoms with E-state index in [0.717, 1.165) is 10.3 Å². The fourth-order valence-electron chi connectivity index (χ4n) is 4.34. The number of ketones is 1. The number of carbonyl (C=O) groups is 2. The molecule has 5 rings (SSSR count). The first kappa shape index (κ1) is 23.8. The molecule has 1 amide bonds. The Morgan fingerprint density at radius 2 is 1.81 bits per heavy atom. The first-order valence-electron chi connectivity index (χ1n) is 11.0. The third kappa shape index (κ3) is 3.88. The molecule has 9 heteroatoms. The number of halogens is 1. The van der Waals surface area contributed by atoms with Gasteiger partial charge in [0.25, 0.3) is 5.78 Å². The number of rotatable bonds is 5. The molecule has 1 N–H and O–H groups in total. The number of Topliss-reactive ketones (excluding diaryl/α,β-unsaturated/α-hetero) is 1. The monoisotopic (exact) mass is 520 g/mol. The summed E-state index contributed by atoms with van der Waals surface area (Å²) in [7, 11) is 2.98. The van der Waals surface area contributed by atoms with E-state index >= 15 is 0 Å². The Morgan fingerprint density at radius 1 is 1.06 bits per heavy atom. The van der Waals surface area contributed by atoms with Crippen LogP contribution in [0.4, 0.5) is 5.13 Å². The number of para-hydroxylation sites is 1. The molecule has 0 aliphatic carbocycles. The number of ether oxygens (including phenoxy) is 2. The van der Waals surface area contributed by atoms with Gasteiger partial charge in [-0.1, -0.05) is 41.1 Å². The molecule has 182 valence electrons. The fourth-order valence-corrected chi connectivity index (χ4v) is 5.55. The van der Waals surface area contributed by atoms with Gasteiger partial charge in [0.15, 0.2) is 16.6 Å². The average molecular weight is 521 g/mol. The van der Waals surface area contributed by atoms with Crippen LogP contribution in [-0.2, 0) is 9.59 Å². The summed E-state index contributed by atoms with van der Waals surface area (Å²) in [6, 6.07) is 16.3. The van der Waals surface area contributed by atoms with E-state index in [4.69, 9.17) is 21.1 Å². The quantitative estimate of drug-likeness (QED) is 0.200. The number of anilines is 1. The number of hydrogen-bond donors (Lipinski definition) is 1. The van der Waals surface area contributed by atoms with Crippen LogP contribution in [0.3, 0.4) is 0 Å². The number of nitrogens with zero attached hydrogens (tertiary/aromatic N) is 2. The van der Waals surface area contributed by atoms with Crippen LogP contribution >= 0.6 is 22.9 Å². The standard InChI is InChI=1S/C27H21ClN2O5S/c1-14-7-12-18-20(13-14)36-27(29-18)30-22(17-5-4-6-19(34-2)25(17)35-3)21(24(32)26(30)33)23(31)15-8-10-16(28)11-9-15/h4-13,22,31H,1-3H3/b23-21+. The molecule has 0 bridgehead atoms. The van der Waals surface area contributed by atoms with Crippen molar-refractivity contribution in [3.05, 3.63) is 87.9 Å². The molecule has 0 spiro atoms. The van der Waals surface area contributed by atoms with Gasteiger partial charge in [0, 0.05) is 16.1 Å². The van der Waals surface area contributed by atoms with Gasteiger partial charge < -0.3 is 14.6 Å². The van der Waals surface area contributed by atoms with Crippen LogP contribution in [0.25, 0.3) is 16.0 Å². The number of fused-ring (bicyclic) bond motifs is 1. The third-order valence-corrected chi connectivity index (χ3v) is 7.30. The minimum atomic E-state index is -1.01. The molecule has 3 aromatic carbocycles. The second-order valence-electron chi connectivity index (χ2n) is 8.23. The first-order chi connectivity index (χ1) is 17.3. The highest BCUT2D eigenvalue weighted by atomic mass is 35.5. The summed E-state index contributed by atoms with van der Waals surface area (Å²) in [5, 5.41) is 12.1. The number of aryl methyl sites for hydroxylation is 1. The van der Waals surface area contributed by atoms with Crippen molar-refractivity contribution >= 4 is 55.7 Å². The summed E-state index contributed by atoms with van der Waals surface area (Å²) in [5.74, 6) is -1.17. The van der Waals surface area contributed by atoms with Crippen LogP contribution in [0.2, 0.25) is 5.02 Å². The number of hydrogen-bond acceptors (Lipinski definition) is 7. The number of benzene rings is 3. The molecule has 1 aliphatic heterocycles. The van der Waals surface area contributed by atoms with Crippen LogP contribution in [0.15, 0.2) is 66.2 Å². The Morgan fingerprint density at radius 3 is 2.50 bits per heavy atom. The SMILES string of the molecule is COc1cccc(C2/C(=C(\O)c3ccc(Cl)cc3)C(=O)C(=O)N2c2nc3ccc(C)cc3s2)c1OC. The molecule has 1 saturated heterocycles. The van der Waals surface area contributed by atoms with E-state index in [1.807, 2.05) is 25.1 Å². The summed E-state index contributed by atoms with van der Waals surface area (Å²) in [6.45, 7) is 1.97. The Bertz CT molecular complexity index is 1540. The van der Waals surface area contributed by atoms with E-state index in [0.29, 0.717) is 38.3 Å². The maximum Gasteiger partial charge on any atom is 0.301 e. The van der Waals surface area contributed by atoms with Gasteiger partial charge in [0.05, 0.1) is 30.0 Å². The highest BCUT2D eigenvalue weighted by Gasteiger charge is 2.49. The Balaban J connectivity index is 1.79. The van der Waals surface area contributed by atoms with E-state index in [1.165, 1.54) is 30.5 Å². The molecule has 1 fully saturated rings. The normalized spacial score (nSPS) is 17.1. The molecule has 4 aromatic rings. The summed E-state index contributed by atoms with van der Waals surface area (Å²) in [6.07, 6.45) is 0. The van der Waals surface area contributed by atoms with Crippen molar-refractivity contribution < 1.29 is 24.2 Å². The molecule has 36 heavy (non-hydrogen) atoms. The van der Waals surface area contributed by atoms with Gasteiger partial charge in [0.1, 0.15) is 11.8 Å². The number of amides is 1. The van der Waals surface area contributed by atoms with Crippen molar-refractivity contribution in [1.82, 2.24) is 4.98 Å². The van der Waals surface area contributed by atoms with Gasteiger partial charge in [-0.15, -0.1) is 0 Å². The lowest BCUT2D eigenvalue weighted by atomic mass is 9.94. The zero-order chi connectivity index (χ0) is 25.6. The zero-order valence-corrected chi connectivity index (χ0v) is 21.2. The molecule has 0 saturated carbocycles. The Hall–Kier alpha value is -3.88. The van der Waals surface area contributed by atoms with Crippen LogP contribution in [0.1, 0.15) is 22.7 Å². The number of aliphatic hydroxyl groups excluding tert-OH is 1. The molecule has 1 unspecified atom stereocenters. The van der Waals surface area contributed by atoms with E-state index in [1.54, 1.807) is 42.5 Å². The van der Waals surface area contributed by atoms with Gasteiger partial charge in [-0.3, -0.25) is 14.5 Å². The minimum absolute atomic E-state index is 0.0793. The van der Waals surface area contributed by atoms with Gasteiger partial charge in [-0.05, 0) is 55.0 Å². The van der Waals surface area contributed by atoms with Gasteiger partial charge in [-0.2, -0.15) is 0 Å². The fraction of sp³-hybridized carbons (Fsp3) is 0.148. The van der Waals surface area contributed by atoms with E-state index in [-0.39, 0.29) is 11.3 Å². The maximum atomic E-state index is 13.5. The first-order valence-corrected chi connectivity index (χ1v) is 12.2. The highest BCUT2D eigenvalue weighted by Crippen LogP contribution is 2.48. The summed E-state index contributed by atoms with van der Waals surface area (Å²) in [5.41, 5.74) is 2.50. The third-order valence-electron chi connectivity index (χ3n) is 6.03. The Kier molecular flexibility index (Phi) is 6.15. The van der Waals surface area contributed by atoms with Crippen LogP contribution in [0.5, 0.6) is 11.5 Å². The van der Waals surface area contributed by atoms with Crippen molar-refractivity contribution in [2.75, 3.05) is 19.1 Å². The lowest BCUT2D eigenvalue weighted by Gasteiger charge is -2.25. The molecule has 0 radical (unpaired) electrons. The van der Waals surface area contributed by atoms with E-state index in [9.17, 15) is 14.7 Å². The molecular weight excluding hydrogens is 500 g/mol. The molecule has 2 heterocycles. The van der Waals surface area contributed by atoms with Crippen molar-refractivity contribution in [3.8, 4) is 11.5 Å². The molecule has 1 atom stereocenters. The highest BCUT2D eigenvalue weighted by molar-refractivity contribution is 7.22. The molecule has 1 aromatic heterocycles. The van der Waals surface area contributed by atoms with Crippen LogP contribution in [0, 0.1) is 6.92 Å². The number of aliphatic hydroxyl groups is 1. The smallest absolute Gasteiger partial charge is 0.301 e. The predicted octanol–water partition coefficient (Wildman–Crippen LogP) is 5.90. The largest absolute Gasteiger partial charge is 0.507 e. The minimum Gasteiger partial charge on any atom is -0.507 e. The van der Waals surface area contributed by atoms with Crippen molar-refractivity contribution in [2.45, 2.75) is 13.0 Å². The maximum absolute atomic E-state index is 13.5. The van der Waals surface area contributed by atoms with Gasteiger partial charge in [-0.25, -0.2) is 4.98 Å². The topological polar surface area (TPSA) is 89.0 Å². The summed E-state index contributed by atoms with van der Waals surface area (Å²) in [4.78, 5) is 32.9. The van der Waals surface area contributed by atoms with Crippen LogP contribution in [-0.4, -0.2) is 36.0 Å². The summed E-state index contributed by atoms with van der Waals surface area (Å²) < 4.78 is 12.0. The Labute approximate surface area is 216 Å². The van der Waals surface area contributed by atoms with Crippen molar-refractivity contribution in [1.29, 1.82) is 0 Å². The lowest BCUT2D eigenvalue weighted by molar-refractivity contribution is -0.132. The summed E-state index contributed by atoms with van der Waals surface area (Å²) >= 11 is 7.31. The molecule has 7 nitrogen and oxygen atoms in total. The van der Waals surface area contributed by atoms with Crippen molar-refractivity contribution in [3.63, 3.8) is 0 Å². The lowest BCUT2D eigenvalue weighted by Crippen LogP contribution is -2.29. The average Bonchev–Trinajstić information content (AvgIpc) is 3.40. The van der Waals surface area contributed by atoms with Gasteiger partial charge >= 0.3 is 5.91 Å². The van der Waals surface area contributed by atoms with Crippen molar-refractivity contribution in [2.24, 2.45) is 0 Å².